The van der Waals surface area contributed by atoms with E-state index in [1.807, 2.05) is 0 Å². The molecule has 0 bridgehead atoms. The molecule has 0 radical (unpaired) electrons. The number of hydrogen-bond acceptors (Lipinski definition) is 3. The summed E-state index contributed by atoms with van der Waals surface area (Å²) in [7, 11) is 2.72. The second-order valence-corrected chi connectivity index (χ2v) is 4.17. The Labute approximate surface area is 109 Å². The highest BCUT2D eigenvalue weighted by molar-refractivity contribution is 9.10. The van der Waals surface area contributed by atoms with E-state index in [0.717, 1.165) is 4.68 Å². The molecule has 1 aromatic heterocycles. The molecule has 5 nitrogen and oxygen atoms in total. The van der Waals surface area contributed by atoms with Crippen LogP contribution >= 0.6 is 15.9 Å². The van der Waals surface area contributed by atoms with Crippen molar-refractivity contribution < 1.29 is 22.7 Å². The van der Waals surface area contributed by atoms with Crippen molar-refractivity contribution in [3.05, 3.63) is 15.9 Å². The average molecular weight is 330 g/mol. The molecule has 0 aliphatic heterocycles. The number of aromatic nitrogens is 2. The third kappa shape index (κ3) is 3.22. The summed E-state index contributed by atoms with van der Waals surface area (Å²) in [4.78, 5) is 11.7. The number of ether oxygens (including phenoxy) is 1. The fourth-order valence-corrected chi connectivity index (χ4v) is 2.02. The smallest absolute Gasteiger partial charge is 0.383 e. The first-order valence-corrected chi connectivity index (χ1v) is 5.65. The van der Waals surface area contributed by atoms with Crippen LogP contribution in [-0.4, -0.2) is 35.9 Å². The highest BCUT2D eigenvalue weighted by atomic mass is 79.9. The summed E-state index contributed by atoms with van der Waals surface area (Å²) in [6.07, 6.45) is -4.61. The monoisotopic (exact) mass is 329 g/mol. The van der Waals surface area contributed by atoms with Gasteiger partial charge in [-0.2, -0.15) is 18.3 Å². The van der Waals surface area contributed by atoms with E-state index < -0.39 is 17.8 Å². The van der Waals surface area contributed by atoms with Gasteiger partial charge < -0.3 is 10.1 Å². The normalized spacial score (nSPS) is 11.7. The van der Waals surface area contributed by atoms with Gasteiger partial charge in [-0.05, 0) is 15.9 Å². The molecule has 1 amide bonds. The number of hydrogen-bond donors (Lipinski definition) is 1. The highest BCUT2D eigenvalue weighted by Crippen LogP contribution is 2.35. The molecule has 0 atom stereocenters. The van der Waals surface area contributed by atoms with E-state index in [-0.39, 0.29) is 23.3 Å². The lowest BCUT2D eigenvalue weighted by molar-refractivity contribution is -0.142. The number of alkyl halides is 3. The molecule has 0 unspecified atom stereocenters. The van der Waals surface area contributed by atoms with Crippen molar-refractivity contribution in [1.29, 1.82) is 0 Å². The van der Waals surface area contributed by atoms with E-state index in [4.69, 9.17) is 4.74 Å². The van der Waals surface area contributed by atoms with Crippen LogP contribution in [0.15, 0.2) is 4.47 Å². The van der Waals surface area contributed by atoms with Gasteiger partial charge in [0, 0.05) is 20.7 Å². The van der Waals surface area contributed by atoms with E-state index in [9.17, 15) is 18.0 Å². The highest BCUT2D eigenvalue weighted by Gasteiger charge is 2.39. The summed E-state index contributed by atoms with van der Waals surface area (Å²) in [6, 6.07) is 0. The predicted molar refractivity (Wildman–Crippen MR) is 60.1 cm³/mol. The molecular weight excluding hydrogens is 319 g/mol. The summed E-state index contributed by atoms with van der Waals surface area (Å²) < 4.78 is 42.9. The Morgan fingerprint density at radius 3 is 2.61 bits per heavy atom. The summed E-state index contributed by atoms with van der Waals surface area (Å²) >= 11 is 2.75. The van der Waals surface area contributed by atoms with Gasteiger partial charge in [-0.3, -0.25) is 9.48 Å². The van der Waals surface area contributed by atoms with E-state index >= 15 is 0 Å². The van der Waals surface area contributed by atoms with Gasteiger partial charge in [-0.15, -0.1) is 0 Å². The molecule has 1 heterocycles. The Hall–Kier alpha value is -1.09. The molecule has 0 fully saturated rings. The number of aryl methyl sites for hydroxylation is 1. The van der Waals surface area contributed by atoms with Gasteiger partial charge in [0.25, 0.3) is 5.91 Å². The van der Waals surface area contributed by atoms with Gasteiger partial charge in [-0.1, -0.05) is 0 Å². The number of nitrogens with one attached hydrogen (secondary N) is 1. The van der Waals surface area contributed by atoms with Crippen LogP contribution in [0.5, 0.6) is 0 Å². The first-order chi connectivity index (χ1) is 8.29. The maximum Gasteiger partial charge on any atom is 0.436 e. The Balaban J connectivity index is 2.96. The maximum atomic E-state index is 12.6. The minimum Gasteiger partial charge on any atom is -0.383 e. The third-order valence-corrected chi connectivity index (χ3v) is 2.82. The number of amides is 1. The van der Waals surface area contributed by atoms with E-state index in [1.165, 1.54) is 14.2 Å². The zero-order chi connectivity index (χ0) is 13.9. The Kier molecular flexibility index (Phi) is 4.74. The summed E-state index contributed by atoms with van der Waals surface area (Å²) in [6.45, 7) is 0.474. The molecule has 0 saturated heterocycles. The van der Waals surface area contributed by atoms with Crippen molar-refractivity contribution in [2.75, 3.05) is 20.3 Å². The fraction of sp³-hybridized carbons (Fsp3) is 0.556. The molecule has 102 valence electrons. The van der Waals surface area contributed by atoms with Crippen LogP contribution < -0.4 is 5.32 Å². The fourth-order valence-electron chi connectivity index (χ4n) is 1.28. The lowest BCUT2D eigenvalue weighted by Gasteiger charge is -2.05. The molecule has 18 heavy (non-hydrogen) atoms. The van der Waals surface area contributed by atoms with E-state index in [0.29, 0.717) is 0 Å². The standard InChI is InChI=1S/C9H11BrF3N3O2/c1-16-6(8(17)14-3-4-18-2)5(10)7(15-16)9(11,12)13/h3-4H2,1-2H3,(H,14,17). The van der Waals surface area contributed by atoms with Crippen molar-refractivity contribution in [2.24, 2.45) is 7.05 Å². The molecule has 0 saturated carbocycles. The van der Waals surface area contributed by atoms with Crippen LogP contribution in [0.2, 0.25) is 0 Å². The molecule has 1 N–H and O–H groups in total. The minimum absolute atomic E-state index is 0.182. The predicted octanol–water partition coefficient (Wildman–Crippen LogP) is 1.58. The van der Waals surface area contributed by atoms with Crippen LogP contribution in [0, 0.1) is 0 Å². The molecule has 0 spiro atoms. The topological polar surface area (TPSA) is 56.1 Å². The Morgan fingerprint density at radius 1 is 1.56 bits per heavy atom. The second kappa shape index (κ2) is 5.70. The number of rotatable bonds is 4. The van der Waals surface area contributed by atoms with Crippen LogP contribution in [0.4, 0.5) is 13.2 Å². The van der Waals surface area contributed by atoms with Crippen molar-refractivity contribution in [3.8, 4) is 0 Å². The van der Waals surface area contributed by atoms with Crippen molar-refractivity contribution in [1.82, 2.24) is 15.1 Å². The maximum absolute atomic E-state index is 12.6. The minimum atomic E-state index is -4.61. The van der Waals surface area contributed by atoms with Gasteiger partial charge in [0.05, 0.1) is 11.1 Å². The molecule has 1 aromatic rings. The van der Waals surface area contributed by atoms with Gasteiger partial charge in [-0.25, -0.2) is 0 Å². The summed E-state index contributed by atoms with van der Waals surface area (Å²) in [5.41, 5.74) is -1.31. The molecule has 9 heteroatoms. The van der Waals surface area contributed by atoms with Gasteiger partial charge in [0.2, 0.25) is 0 Å². The average Bonchev–Trinajstić information content (AvgIpc) is 2.54. The summed E-state index contributed by atoms with van der Waals surface area (Å²) in [5.74, 6) is -0.649. The molecule has 0 aliphatic carbocycles. The number of carbonyl (C=O) groups excluding carboxylic acids is 1. The third-order valence-electron chi connectivity index (χ3n) is 2.06. The lowest BCUT2D eigenvalue weighted by atomic mass is 10.3. The largest absolute Gasteiger partial charge is 0.436 e. The quantitative estimate of drug-likeness (QED) is 0.853. The number of halogens is 4. The first-order valence-electron chi connectivity index (χ1n) is 4.85. The second-order valence-electron chi connectivity index (χ2n) is 3.38. The van der Waals surface area contributed by atoms with Crippen LogP contribution in [0.25, 0.3) is 0 Å². The SMILES string of the molecule is COCCNC(=O)c1c(Br)c(C(F)(F)F)nn1C. The number of nitrogens with zero attached hydrogens (tertiary/aromatic N) is 2. The molecule has 1 rings (SSSR count). The van der Waals surface area contributed by atoms with E-state index in [2.05, 4.69) is 26.3 Å². The Morgan fingerprint density at radius 2 is 2.17 bits per heavy atom. The number of carbonyl (C=O) groups is 1. The number of methoxy groups -OCH3 is 1. The first kappa shape index (κ1) is 15.0. The lowest BCUT2D eigenvalue weighted by Crippen LogP contribution is -2.29. The molecular formula is C9H11BrF3N3O2. The van der Waals surface area contributed by atoms with Gasteiger partial charge >= 0.3 is 6.18 Å². The van der Waals surface area contributed by atoms with Crippen molar-refractivity contribution in [2.45, 2.75) is 6.18 Å². The zero-order valence-corrected chi connectivity index (χ0v) is 11.2. The van der Waals surface area contributed by atoms with Crippen LogP contribution in [-0.2, 0) is 18.0 Å². The molecule has 0 aromatic carbocycles. The van der Waals surface area contributed by atoms with Crippen molar-refractivity contribution >= 4 is 21.8 Å². The van der Waals surface area contributed by atoms with Gasteiger partial charge in [0.1, 0.15) is 5.69 Å². The van der Waals surface area contributed by atoms with E-state index in [1.54, 1.807) is 0 Å². The van der Waals surface area contributed by atoms with Gasteiger partial charge in [0.15, 0.2) is 5.69 Å². The van der Waals surface area contributed by atoms with Crippen LogP contribution in [0.1, 0.15) is 16.2 Å². The summed E-state index contributed by atoms with van der Waals surface area (Å²) in [5, 5.41) is 5.71. The Bertz CT molecular complexity index is 445. The zero-order valence-electron chi connectivity index (χ0n) is 9.64. The van der Waals surface area contributed by atoms with Crippen molar-refractivity contribution in [3.63, 3.8) is 0 Å². The molecule has 0 aliphatic rings. The van der Waals surface area contributed by atoms with Crippen LogP contribution in [0.3, 0.4) is 0 Å².